The van der Waals surface area contributed by atoms with E-state index in [1.54, 1.807) is 0 Å². The minimum atomic E-state index is 0.976. The van der Waals surface area contributed by atoms with Crippen LogP contribution in [-0.2, 0) is 0 Å². The Morgan fingerprint density at radius 1 is 0.426 bits per heavy atom. The van der Waals surface area contributed by atoms with Crippen molar-refractivity contribution < 1.29 is 0 Å². The summed E-state index contributed by atoms with van der Waals surface area (Å²) in [4.78, 5) is 2.41. The van der Waals surface area contributed by atoms with E-state index in [9.17, 15) is 0 Å². The molecule has 9 aromatic carbocycles. The lowest BCUT2D eigenvalue weighted by molar-refractivity contribution is 1.22. The van der Waals surface area contributed by atoms with Crippen LogP contribution in [-0.4, -0.2) is 0 Å². The van der Waals surface area contributed by atoms with Gasteiger partial charge in [-0.1, -0.05) is 189 Å². The van der Waals surface area contributed by atoms with Crippen LogP contribution in [0.25, 0.3) is 70.9 Å². The second kappa shape index (κ2) is 14.2. The molecule has 0 aliphatic carbocycles. The normalized spacial score (nSPS) is 12.1. The minimum absolute atomic E-state index is 0.976. The maximum atomic E-state index is 4.45. The number of hydrogen-bond acceptors (Lipinski definition) is 1. The molecule has 9 rings (SSSR count). The molecule has 0 heterocycles. The third kappa shape index (κ3) is 5.77. The van der Waals surface area contributed by atoms with Gasteiger partial charge in [-0.2, -0.15) is 0 Å². The van der Waals surface area contributed by atoms with Crippen LogP contribution >= 0.6 is 0 Å². The molecule has 0 aliphatic rings. The molecule has 0 aliphatic heterocycles. The van der Waals surface area contributed by atoms with Crippen LogP contribution in [0.15, 0.2) is 219 Å². The van der Waals surface area contributed by atoms with Crippen LogP contribution in [0.4, 0.5) is 11.4 Å². The van der Waals surface area contributed by atoms with E-state index in [1.807, 2.05) is 6.08 Å². The minimum Gasteiger partial charge on any atom is -0.309 e. The molecule has 0 amide bonds. The molecule has 1 heteroatoms. The molecular formula is C53H39N. The number of para-hydroxylation sites is 1. The van der Waals surface area contributed by atoms with E-state index in [0.717, 1.165) is 28.2 Å². The standard InChI is InChI=1S/C53H39N/c1-3-41(35-33-37(2)52-43-25-11-10-23-40(43)34-36-44(52)39-21-8-5-9-22-39)54(50-31-17-16-24-42(50)38-19-6-4-7-20-38)51-32-18-30-49-47-27-13-12-26-45(47)46-28-14-15-29-48(46)53(49)51/h3-36H,1H2,2H3/b37-33+,41-35+. The van der Waals surface area contributed by atoms with Crippen molar-refractivity contribution in [2.45, 2.75) is 6.92 Å². The smallest absolute Gasteiger partial charge is 0.0546 e. The first-order chi connectivity index (χ1) is 26.7. The zero-order chi connectivity index (χ0) is 36.4. The van der Waals surface area contributed by atoms with Crippen molar-refractivity contribution in [3.8, 4) is 22.3 Å². The molecule has 0 saturated heterocycles. The molecule has 1 nitrogen and oxygen atoms in total. The second-order valence-electron chi connectivity index (χ2n) is 13.7. The van der Waals surface area contributed by atoms with Crippen LogP contribution in [0.1, 0.15) is 12.5 Å². The Bertz CT molecular complexity index is 2850. The van der Waals surface area contributed by atoms with Crippen LogP contribution in [0, 0.1) is 0 Å². The van der Waals surface area contributed by atoms with Crippen LogP contribution in [0.2, 0.25) is 0 Å². The Hall–Kier alpha value is -6.96. The predicted octanol–water partition coefficient (Wildman–Crippen LogP) is 14.9. The number of fused-ring (bicyclic) bond motifs is 7. The highest BCUT2D eigenvalue weighted by atomic mass is 15.1. The molecule has 9 aromatic rings. The topological polar surface area (TPSA) is 3.24 Å². The molecule has 0 N–H and O–H groups in total. The van der Waals surface area contributed by atoms with Gasteiger partial charge in [-0.05, 0) is 96.7 Å². The van der Waals surface area contributed by atoms with Gasteiger partial charge in [0.1, 0.15) is 0 Å². The molecule has 256 valence electrons. The van der Waals surface area contributed by atoms with Crippen LogP contribution in [0.5, 0.6) is 0 Å². The van der Waals surface area contributed by atoms with Crippen molar-refractivity contribution in [2.24, 2.45) is 0 Å². The molecule has 0 atom stereocenters. The van der Waals surface area contributed by atoms with E-state index in [-0.39, 0.29) is 0 Å². The summed E-state index contributed by atoms with van der Waals surface area (Å²) in [5, 5.41) is 9.87. The summed E-state index contributed by atoms with van der Waals surface area (Å²) in [6.07, 6.45) is 6.50. The number of hydrogen-bond donors (Lipinski definition) is 0. The van der Waals surface area contributed by atoms with Gasteiger partial charge in [0.15, 0.2) is 0 Å². The van der Waals surface area contributed by atoms with Crippen molar-refractivity contribution in [3.05, 3.63) is 224 Å². The first kappa shape index (κ1) is 32.9. The molecule has 0 spiro atoms. The second-order valence-corrected chi connectivity index (χ2v) is 13.7. The van der Waals surface area contributed by atoms with Gasteiger partial charge in [0.25, 0.3) is 0 Å². The lowest BCUT2D eigenvalue weighted by atomic mass is 9.90. The Kier molecular flexibility index (Phi) is 8.67. The van der Waals surface area contributed by atoms with E-state index in [1.165, 1.54) is 65.4 Å². The van der Waals surface area contributed by atoms with Gasteiger partial charge in [0.05, 0.1) is 11.4 Å². The first-order valence-corrected chi connectivity index (χ1v) is 18.6. The third-order valence-electron chi connectivity index (χ3n) is 10.6. The summed E-state index contributed by atoms with van der Waals surface area (Å²) in [5.74, 6) is 0. The van der Waals surface area contributed by atoms with E-state index in [2.05, 4.69) is 219 Å². The summed E-state index contributed by atoms with van der Waals surface area (Å²) >= 11 is 0. The number of benzene rings is 9. The molecule has 0 unspecified atom stereocenters. The predicted molar refractivity (Wildman–Crippen MR) is 234 cm³/mol. The summed E-state index contributed by atoms with van der Waals surface area (Å²) in [5.41, 5.74) is 10.3. The van der Waals surface area contributed by atoms with Crippen molar-refractivity contribution in [3.63, 3.8) is 0 Å². The highest BCUT2D eigenvalue weighted by Crippen LogP contribution is 2.45. The average molecular weight is 690 g/mol. The quantitative estimate of drug-likeness (QED) is 0.113. The fourth-order valence-electron chi connectivity index (χ4n) is 8.14. The third-order valence-corrected chi connectivity index (χ3v) is 10.6. The van der Waals surface area contributed by atoms with Gasteiger partial charge in [0, 0.05) is 16.6 Å². The van der Waals surface area contributed by atoms with E-state index < -0.39 is 0 Å². The van der Waals surface area contributed by atoms with Crippen LogP contribution in [0.3, 0.4) is 0 Å². The van der Waals surface area contributed by atoms with Gasteiger partial charge in [-0.15, -0.1) is 0 Å². The molecule has 0 bridgehead atoms. The number of anilines is 2. The average Bonchev–Trinajstić information content (AvgIpc) is 3.25. The lowest BCUT2D eigenvalue weighted by Crippen LogP contribution is -2.16. The van der Waals surface area contributed by atoms with Crippen LogP contribution < -0.4 is 4.90 Å². The van der Waals surface area contributed by atoms with Crippen molar-refractivity contribution >= 4 is 60.0 Å². The molecule has 0 fully saturated rings. The highest BCUT2D eigenvalue weighted by Gasteiger charge is 2.22. The van der Waals surface area contributed by atoms with Gasteiger partial charge < -0.3 is 4.90 Å². The van der Waals surface area contributed by atoms with E-state index in [0.29, 0.717) is 0 Å². The van der Waals surface area contributed by atoms with Gasteiger partial charge in [-0.25, -0.2) is 0 Å². The van der Waals surface area contributed by atoms with Crippen molar-refractivity contribution in [1.82, 2.24) is 0 Å². The lowest BCUT2D eigenvalue weighted by Gasteiger charge is -2.30. The zero-order valence-electron chi connectivity index (χ0n) is 30.3. The Morgan fingerprint density at radius 3 is 1.59 bits per heavy atom. The van der Waals surface area contributed by atoms with Gasteiger partial charge >= 0.3 is 0 Å². The molecular weight excluding hydrogens is 651 g/mol. The maximum absolute atomic E-state index is 4.45. The number of nitrogens with zero attached hydrogens (tertiary/aromatic N) is 1. The Balaban J connectivity index is 1.33. The Labute approximate surface area is 317 Å². The Morgan fingerprint density at radius 2 is 0.926 bits per heavy atom. The monoisotopic (exact) mass is 689 g/mol. The summed E-state index contributed by atoms with van der Waals surface area (Å²) < 4.78 is 0. The number of allylic oxidation sites excluding steroid dienone is 4. The highest BCUT2D eigenvalue weighted by molar-refractivity contribution is 6.28. The molecule has 0 aromatic heterocycles. The summed E-state index contributed by atoms with van der Waals surface area (Å²) in [6, 6.07) is 67.6. The largest absolute Gasteiger partial charge is 0.309 e. The SMILES string of the molecule is C=C/C(=C\C=C(/C)c1c(-c2ccccc2)ccc2ccccc12)N(c1ccccc1-c1ccccc1)c1cccc2c3ccccc3c3ccccc3c12. The summed E-state index contributed by atoms with van der Waals surface area (Å²) in [7, 11) is 0. The van der Waals surface area contributed by atoms with Crippen molar-refractivity contribution in [2.75, 3.05) is 4.90 Å². The molecule has 0 saturated carbocycles. The van der Waals surface area contributed by atoms with Gasteiger partial charge in [-0.3, -0.25) is 0 Å². The van der Waals surface area contributed by atoms with Crippen molar-refractivity contribution in [1.29, 1.82) is 0 Å². The fraction of sp³-hybridized carbons (Fsp3) is 0.0189. The summed E-state index contributed by atoms with van der Waals surface area (Å²) in [6.45, 7) is 6.68. The van der Waals surface area contributed by atoms with E-state index >= 15 is 0 Å². The fourth-order valence-corrected chi connectivity index (χ4v) is 8.14. The maximum Gasteiger partial charge on any atom is 0.0546 e. The zero-order valence-corrected chi connectivity index (χ0v) is 30.3. The molecule has 0 radical (unpaired) electrons. The van der Waals surface area contributed by atoms with Gasteiger partial charge in [0.2, 0.25) is 0 Å². The molecule has 54 heavy (non-hydrogen) atoms. The first-order valence-electron chi connectivity index (χ1n) is 18.6. The number of rotatable bonds is 8. The van der Waals surface area contributed by atoms with E-state index in [4.69, 9.17) is 0 Å².